The molecule has 5 rings (SSSR count). The number of piperazine rings is 1. The van der Waals surface area contributed by atoms with Crippen LogP contribution in [0.4, 0.5) is 5.69 Å². The number of fused-ring (bicyclic) bond motifs is 1. The quantitative estimate of drug-likeness (QED) is 0.261. The molecule has 0 radical (unpaired) electrons. The van der Waals surface area contributed by atoms with E-state index in [9.17, 15) is 4.79 Å². The van der Waals surface area contributed by atoms with E-state index in [1.807, 2.05) is 29.2 Å². The summed E-state index contributed by atoms with van der Waals surface area (Å²) in [6, 6.07) is 25.4. The summed E-state index contributed by atoms with van der Waals surface area (Å²) in [6.45, 7) is 13.1. The molecule has 1 saturated heterocycles. The molecule has 1 fully saturated rings. The van der Waals surface area contributed by atoms with Gasteiger partial charge in [0.25, 0.3) is 5.91 Å². The van der Waals surface area contributed by atoms with Gasteiger partial charge < -0.3 is 9.80 Å². The molecule has 1 aliphatic rings. The summed E-state index contributed by atoms with van der Waals surface area (Å²) in [5.74, 6) is 0.0634. The molecule has 1 amide bonds. The maximum atomic E-state index is 14.0. The standard InChI is InChI=1S/C32H34BrN3O/c1-21-6-13-26(14-7-21)36-17-16-35(20-22(36)2)31(37)28-19-30(34-29-15-12-25(33)18-27(28)29)23-8-10-24(11-9-23)32(3,4)5/h6-15,18-19,22H,16-17,20H2,1-5H3. The van der Waals surface area contributed by atoms with E-state index < -0.39 is 0 Å². The summed E-state index contributed by atoms with van der Waals surface area (Å²) in [5, 5.41) is 0.878. The summed E-state index contributed by atoms with van der Waals surface area (Å²) in [7, 11) is 0. The Kier molecular flexibility index (Phi) is 6.84. The Balaban J connectivity index is 1.47. The van der Waals surface area contributed by atoms with Crippen molar-refractivity contribution in [1.82, 2.24) is 9.88 Å². The monoisotopic (exact) mass is 555 g/mol. The first-order chi connectivity index (χ1) is 17.6. The van der Waals surface area contributed by atoms with Crippen molar-refractivity contribution in [3.63, 3.8) is 0 Å². The molecule has 1 atom stereocenters. The van der Waals surface area contributed by atoms with E-state index in [4.69, 9.17) is 4.98 Å². The molecule has 0 N–H and O–H groups in total. The third kappa shape index (κ3) is 5.28. The normalized spacial score (nSPS) is 16.3. The fourth-order valence-electron chi connectivity index (χ4n) is 5.10. The van der Waals surface area contributed by atoms with Crippen LogP contribution in [0.2, 0.25) is 0 Å². The minimum atomic E-state index is 0.0634. The first kappa shape index (κ1) is 25.5. The summed E-state index contributed by atoms with van der Waals surface area (Å²) in [6.07, 6.45) is 0. The number of nitrogens with zero attached hydrogens (tertiary/aromatic N) is 3. The van der Waals surface area contributed by atoms with Gasteiger partial charge in [0, 0.05) is 46.8 Å². The Labute approximate surface area is 228 Å². The van der Waals surface area contributed by atoms with E-state index in [-0.39, 0.29) is 17.4 Å². The average Bonchev–Trinajstić information content (AvgIpc) is 2.88. The Morgan fingerprint density at radius 3 is 2.30 bits per heavy atom. The lowest BCUT2D eigenvalue weighted by atomic mass is 9.86. The van der Waals surface area contributed by atoms with Crippen molar-refractivity contribution in [1.29, 1.82) is 0 Å². The zero-order valence-corrected chi connectivity index (χ0v) is 23.8. The van der Waals surface area contributed by atoms with Crippen molar-refractivity contribution >= 4 is 38.4 Å². The minimum absolute atomic E-state index is 0.0634. The third-order valence-corrected chi connectivity index (χ3v) is 7.82. The highest BCUT2D eigenvalue weighted by atomic mass is 79.9. The average molecular weight is 557 g/mol. The number of halogens is 1. The van der Waals surface area contributed by atoms with E-state index in [2.05, 4.69) is 104 Å². The van der Waals surface area contributed by atoms with E-state index in [0.717, 1.165) is 33.2 Å². The number of anilines is 1. The van der Waals surface area contributed by atoms with Gasteiger partial charge in [-0.15, -0.1) is 0 Å². The van der Waals surface area contributed by atoms with Crippen molar-refractivity contribution in [2.45, 2.75) is 46.1 Å². The van der Waals surface area contributed by atoms with Gasteiger partial charge in [0.1, 0.15) is 0 Å². The molecular formula is C32H34BrN3O. The molecule has 0 bridgehead atoms. The maximum absolute atomic E-state index is 14.0. The van der Waals surface area contributed by atoms with Gasteiger partial charge in [-0.1, -0.05) is 78.7 Å². The molecule has 1 aliphatic heterocycles. The minimum Gasteiger partial charge on any atom is -0.365 e. The topological polar surface area (TPSA) is 36.4 Å². The number of carbonyl (C=O) groups excluding carboxylic acids is 1. The largest absolute Gasteiger partial charge is 0.365 e. The molecule has 3 aromatic carbocycles. The van der Waals surface area contributed by atoms with Crippen LogP contribution >= 0.6 is 15.9 Å². The fourth-order valence-corrected chi connectivity index (χ4v) is 5.46. The number of amides is 1. The summed E-state index contributed by atoms with van der Waals surface area (Å²) < 4.78 is 0.940. The first-order valence-electron chi connectivity index (χ1n) is 12.9. The van der Waals surface area contributed by atoms with Gasteiger partial charge in [-0.05, 0) is 61.2 Å². The van der Waals surface area contributed by atoms with Gasteiger partial charge >= 0.3 is 0 Å². The number of hydrogen-bond donors (Lipinski definition) is 0. The predicted octanol–water partition coefficient (Wildman–Crippen LogP) is 7.62. The van der Waals surface area contributed by atoms with Gasteiger partial charge in [-0.25, -0.2) is 4.98 Å². The molecule has 4 nitrogen and oxygen atoms in total. The molecule has 2 heterocycles. The number of hydrogen-bond acceptors (Lipinski definition) is 3. The predicted molar refractivity (Wildman–Crippen MR) is 157 cm³/mol. The molecule has 0 spiro atoms. The van der Waals surface area contributed by atoms with Gasteiger partial charge in [0.2, 0.25) is 0 Å². The third-order valence-electron chi connectivity index (χ3n) is 7.33. The van der Waals surface area contributed by atoms with Crippen LogP contribution in [0.1, 0.15) is 49.2 Å². The molecule has 37 heavy (non-hydrogen) atoms. The first-order valence-corrected chi connectivity index (χ1v) is 13.7. The van der Waals surface area contributed by atoms with Crippen LogP contribution in [0.25, 0.3) is 22.2 Å². The van der Waals surface area contributed by atoms with Gasteiger partial charge in [0.05, 0.1) is 16.8 Å². The molecular weight excluding hydrogens is 522 g/mol. The van der Waals surface area contributed by atoms with Gasteiger partial charge in [-0.3, -0.25) is 4.79 Å². The highest BCUT2D eigenvalue weighted by molar-refractivity contribution is 9.10. The number of carbonyl (C=O) groups is 1. The van der Waals surface area contributed by atoms with Crippen molar-refractivity contribution in [2.24, 2.45) is 0 Å². The van der Waals surface area contributed by atoms with Crippen LogP contribution in [-0.2, 0) is 5.41 Å². The van der Waals surface area contributed by atoms with Crippen molar-refractivity contribution in [2.75, 3.05) is 24.5 Å². The van der Waals surface area contributed by atoms with Crippen molar-refractivity contribution in [3.8, 4) is 11.3 Å². The number of rotatable bonds is 3. The zero-order valence-electron chi connectivity index (χ0n) is 22.3. The number of benzene rings is 3. The number of aromatic nitrogens is 1. The molecule has 190 valence electrons. The van der Waals surface area contributed by atoms with Crippen LogP contribution in [0, 0.1) is 6.92 Å². The van der Waals surface area contributed by atoms with Crippen LogP contribution in [0.15, 0.2) is 77.3 Å². The van der Waals surface area contributed by atoms with Gasteiger partial charge in [0.15, 0.2) is 0 Å². The molecule has 1 aromatic heterocycles. The maximum Gasteiger partial charge on any atom is 0.254 e. The Morgan fingerprint density at radius 2 is 1.65 bits per heavy atom. The molecule has 4 aromatic rings. The van der Waals surface area contributed by atoms with Crippen LogP contribution < -0.4 is 4.90 Å². The van der Waals surface area contributed by atoms with Gasteiger partial charge in [-0.2, -0.15) is 0 Å². The Hall–Kier alpha value is -3.18. The zero-order chi connectivity index (χ0) is 26.3. The molecule has 0 aliphatic carbocycles. The van der Waals surface area contributed by atoms with E-state index >= 15 is 0 Å². The molecule has 5 heteroatoms. The Morgan fingerprint density at radius 1 is 0.946 bits per heavy atom. The smallest absolute Gasteiger partial charge is 0.254 e. The van der Waals surface area contributed by atoms with Crippen LogP contribution in [0.5, 0.6) is 0 Å². The van der Waals surface area contributed by atoms with E-state index in [1.54, 1.807) is 0 Å². The molecule has 1 unspecified atom stereocenters. The second-order valence-corrected chi connectivity index (χ2v) is 12.1. The summed E-state index contributed by atoms with van der Waals surface area (Å²) in [4.78, 5) is 23.3. The second-order valence-electron chi connectivity index (χ2n) is 11.2. The fraction of sp³-hybridized carbons (Fsp3) is 0.312. The number of pyridine rings is 1. The number of aryl methyl sites for hydroxylation is 1. The summed E-state index contributed by atoms with van der Waals surface area (Å²) >= 11 is 3.59. The highest BCUT2D eigenvalue weighted by Crippen LogP contribution is 2.31. The highest BCUT2D eigenvalue weighted by Gasteiger charge is 2.29. The van der Waals surface area contributed by atoms with Crippen LogP contribution in [0.3, 0.4) is 0 Å². The van der Waals surface area contributed by atoms with Crippen LogP contribution in [-0.4, -0.2) is 41.5 Å². The van der Waals surface area contributed by atoms with E-state index in [0.29, 0.717) is 18.7 Å². The lowest BCUT2D eigenvalue weighted by Gasteiger charge is -2.41. The Bertz CT molecular complexity index is 1440. The van der Waals surface area contributed by atoms with Crippen molar-refractivity contribution < 1.29 is 4.79 Å². The molecule has 0 saturated carbocycles. The second kappa shape index (κ2) is 9.94. The van der Waals surface area contributed by atoms with Crippen molar-refractivity contribution in [3.05, 3.63) is 94.0 Å². The lowest BCUT2D eigenvalue weighted by molar-refractivity contribution is 0.0728. The lowest BCUT2D eigenvalue weighted by Crippen LogP contribution is -2.53. The SMILES string of the molecule is Cc1ccc(N2CCN(C(=O)c3cc(-c4ccc(C(C)(C)C)cc4)nc4ccc(Br)cc34)CC2C)cc1. The van der Waals surface area contributed by atoms with E-state index in [1.165, 1.54) is 16.8 Å². The summed E-state index contributed by atoms with van der Waals surface area (Å²) in [5.41, 5.74) is 7.20.